The molecule has 2 rings (SSSR count). The summed E-state index contributed by atoms with van der Waals surface area (Å²) in [6.07, 6.45) is 4.87. The lowest BCUT2D eigenvalue weighted by Gasteiger charge is -2.18. The van der Waals surface area contributed by atoms with Crippen LogP contribution in [0, 0.1) is 0 Å². The SMILES string of the molecule is CCc1cc(N)c(Cc2c(N)cc(CC)cc2CC)c(CC)c1. The van der Waals surface area contributed by atoms with Crippen LogP contribution in [0.15, 0.2) is 24.3 Å². The zero-order valence-corrected chi connectivity index (χ0v) is 15.0. The highest BCUT2D eigenvalue weighted by Crippen LogP contribution is 2.29. The highest BCUT2D eigenvalue weighted by molar-refractivity contribution is 5.61. The molecule has 0 spiro atoms. The van der Waals surface area contributed by atoms with Gasteiger partial charge < -0.3 is 11.5 Å². The first-order valence-corrected chi connectivity index (χ1v) is 8.84. The van der Waals surface area contributed by atoms with E-state index in [4.69, 9.17) is 11.5 Å². The molecule has 0 aliphatic heterocycles. The van der Waals surface area contributed by atoms with E-state index in [-0.39, 0.29) is 0 Å². The first kappa shape index (κ1) is 17.4. The van der Waals surface area contributed by atoms with Crippen molar-refractivity contribution in [2.45, 2.75) is 59.8 Å². The molecule has 0 saturated carbocycles. The quantitative estimate of drug-likeness (QED) is 0.760. The van der Waals surface area contributed by atoms with Crippen LogP contribution in [0.2, 0.25) is 0 Å². The predicted octanol–water partition coefficient (Wildman–Crippen LogP) is 4.69. The minimum atomic E-state index is 0.831. The van der Waals surface area contributed by atoms with E-state index in [0.29, 0.717) is 0 Å². The summed E-state index contributed by atoms with van der Waals surface area (Å²) in [4.78, 5) is 0. The van der Waals surface area contributed by atoms with Crippen LogP contribution in [-0.2, 0) is 32.1 Å². The van der Waals surface area contributed by atoms with Crippen LogP contribution in [0.1, 0.15) is 61.1 Å². The van der Waals surface area contributed by atoms with Gasteiger partial charge >= 0.3 is 0 Å². The third-order valence-corrected chi connectivity index (χ3v) is 4.81. The predicted molar refractivity (Wildman–Crippen MR) is 102 cm³/mol. The Morgan fingerprint density at radius 3 is 1.30 bits per heavy atom. The van der Waals surface area contributed by atoms with Gasteiger partial charge in [-0.15, -0.1) is 0 Å². The van der Waals surface area contributed by atoms with Crippen molar-refractivity contribution < 1.29 is 0 Å². The van der Waals surface area contributed by atoms with Gasteiger partial charge in [-0.05, 0) is 71.2 Å². The number of hydrogen-bond donors (Lipinski definition) is 2. The highest BCUT2D eigenvalue weighted by Gasteiger charge is 2.13. The molecule has 0 aromatic heterocycles. The van der Waals surface area contributed by atoms with Gasteiger partial charge in [0.05, 0.1) is 0 Å². The number of benzene rings is 2. The molecule has 0 aliphatic carbocycles. The molecule has 0 amide bonds. The molecule has 0 fully saturated rings. The molecule has 0 unspecified atom stereocenters. The maximum absolute atomic E-state index is 6.38. The van der Waals surface area contributed by atoms with Crippen molar-refractivity contribution >= 4 is 11.4 Å². The van der Waals surface area contributed by atoms with Crippen molar-refractivity contribution in [1.82, 2.24) is 0 Å². The zero-order chi connectivity index (χ0) is 17.0. The van der Waals surface area contributed by atoms with Crippen molar-refractivity contribution in [3.63, 3.8) is 0 Å². The number of anilines is 2. The van der Waals surface area contributed by atoms with Crippen LogP contribution >= 0.6 is 0 Å². The monoisotopic (exact) mass is 310 g/mol. The highest BCUT2D eigenvalue weighted by atomic mass is 14.6. The smallest absolute Gasteiger partial charge is 0.0355 e. The van der Waals surface area contributed by atoms with Gasteiger partial charge in [-0.1, -0.05) is 39.8 Å². The molecule has 4 N–H and O–H groups in total. The van der Waals surface area contributed by atoms with E-state index in [9.17, 15) is 0 Å². The molecule has 0 aliphatic rings. The molecule has 2 heteroatoms. The maximum Gasteiger partial charge on any atom is 0.0355 e. The van der Waals surface area contributed by atoms with Crippen LogP contribution in [-0.4, -0.2) is 0 Å². The molecule has 2 aromatic rings. The third kappa shape index (κ3) is 3.69. The fourth-order valence-corrected chi connectivity index (χ4v) is 3.30. The van der Waals surface area contributed by atoms with Gasteiger partial charge in [0.25, 0.3) is 0 Å². The van der Waals surface area contributed by atoms with Crippen LogP contribution in [0.5, 0.6) is 0 Å². The lowest BCUT2D eigenvalue weighted by Crippen LogP contribution is -2.07. The van der Waals surface area contributed by atoms with E-state index in [1.54, 1.807) is 0 Å². The summed E-state index contributed by atoms with van der Waals surface area (Å²) < 4.78 is 0. The van der Waals surface area contributed by atoms with Gasteiger partial charge in [0.2, 0.25) is 0 Å². The van der Waals surface area contributed by atoms with Gasteiger partial charge in [0.1, 0.15) is 0 Å². The number of nitrogen functional groups attached to an aromatic ring is 2. The summed E-state index contributed by atoms with van der Waals surface area (Å²) >= 11 is 0. The van der Waals surface area contributed by atoms with E-state index >= 15 is 0 Å². The summed E-state index contributed by atoms with van der Waals surface area (Å²) in [5.41, 5.74) is 22.4. The molecule has 2 aromatic carbocycles. The summed E-state index contributed by atoms with van der Waals surface area (Å²) in [6, 6.07) is 8.84. The van der Waals surface area contributed by atoms with E-state index in [1.165, 1.54) is 33.4 Å². The second-order valence-corrected chi connectivity index (χ2v) is 6.24. The maximum atomic E-state index is 6.38. The fraction of sp³-hybridized carbons (Fsp3) is 0.429. The zero-order valence-electron chi connectivity index (χ0n) is 15.0. The van der Waals surface area contributed by atoms with Crippen molar-refractivity contribution in [2.24, 2.45) is 0 Å². The Bertz CT molecular complexity index is 627. The number of nitrogens with two attached hydrogens (primary N) is 2. The van der Waals surface area contributed by atoms with E-state index in [2.05, 4.69) is 52.0 Å². The van der Waals surface area contributed by atoms with Crippen LogP contribution in [0.25, 0.3) is 0 Å². The molecule has 2 nitrogen and oxygen atoms in total. The minimum Gasteiger partial charge on any atom is -0.398 e. The van der Waals surface area contributed by atoms with Gasteiger partial charge in [-0.25, -0.2) is 0 Å². The molecule has 0 atom stereocenters. The number of rotatable bonds is 6. The lowest BCUT2D eigenvalue weighted by atomic mass is 9.89. The van der Waals surface area contributed by atoms with Crippen LogP contribution < -0.4 is 11.5 Å². The van der Waals surface area contributed by atoms with Crippen LogP contribution in [0.4, 0.5) is 11.4 Å². The molecular weight excluding hydrogens is 280 g/mol. The van der Waals surface area contributed by atoms with Crippen molar-refractivity contribution in [1.29, 1.82) is 0 Å². The summed E-state index contributed by atoms with van der Waals surface area (Å²) in [6.45, 7) is 8.74. The first-order valence-electron chi connectivity index (χ1n) is 8.84. The lowest BCUT2D eigenvalue weighted by molar-refractivity contribution is 1.00. The first-order chi connectivity index (χ1) is 11.0. The standard InChI is InChI=1S/C21H30N2/c1-5-14-9-16(7-3)18(20(22)11-14)13-19-17(8-4)10-15(6-2)12-21(19)23/h9-12H,5-8,13,22-23H2,1-4H3. The Morgan fingerprint density at radius 2 is 1.00 bits per heavy atom. The fourth-order valence-electron chi connectivity index (χ4n) is 3.30. The molecule has 0 bridgehead atoms. The van der Waals surface area contributed by atoms with Crippen LogP contribution in [0.3, 0.4) is 0 Å². The van der Waals surface area contributed by atoms with Gasteiger partial charge in [0.15, 0.2) is 0 Å². The average molecular weight is 310 g/mol. The second kappa shape index (κ2) is 7.54. The Morgan fingerprint density at radius 1 is 0.609 bits per heavy atom. The summed E-state index contributed by atoms with van der Waals surface area (Å²) in [7, 11) is 0. The second-order valence-electron chi connectivity index (χ2n) is 6.24. The van der Waals surface area contributed by atoms with Crippen molar-refractivity contribution in [3.05, 3.63) is 57.6 Å². The van der Waals surface area contributed by atoms with Gasteiger partial charge in [-0.3, -0.25) is 0 Å². The Hall–Kier alpha value is -1.96. The normalized spacial score (nSPS) is 11.0. The van der Waals surface area contributed by atoms with E-state index < -0.39 is 0 Å². The number of hydrogen-bond acceptors (Lipinski definition) is 2. The van der Waals surface area contributed by atoms with E-state index in [1.807, 2.05) is 0 Å². The Balaban J connectivity index is 2.51. The Kier molecular flexibility index (Phi) is 5.70. The van der Waals surface area contributed by atoms with Gasteiger partial charge in [0, 0.05) is 17.8 Å². The average Bonchev–Trinajstić information content (AvgIpc) is 2.57. The van der Waals surface area contributed by atoms with Crippen molar-refractivity contribution in [3.8, 4) is 0 Å². The molecule has 124 valence electrons. The summed E-state index contributed by atoms with van der Waals surface area (Å²) in [5, 5.41) is 0. The Labute approximate surface area is 140 Å². The molecular formula is C21H30N2. The molecule has 0 saturated heterocycles. The molecule has 0 radical (unpaired) electrons. The minimum absolute atomic E-state index is 0.831. The molecule has 0 heterocycles. The summed E-state index contributed by atoms with van der Waals surface area (Å²) in [5.74, 6) is 0. The largest absolute Gasteiger partial charge is 0.398 e. The third-order valence-electron chi connectivity index (χ3n) is 4.81. The van der Waals surface area contributed by atoms with Crippen molar-refractivity contribution in [2.75, 3.05) is 11.5 Å². The molecule has 23 heavy (non-hydrogen) atoms. The van der Waals surface area contributed by atoms with Gasteiger partial charge in [-0.2, -0.15) is 0 Å². The van der Waals surface area contributed by atoms with E-state index in [0.717, 1.165) is 43.5 Å². The topological polar surface area (TPSA) is 52.0 Å². The number of aryl methyl sites for hydroxylation is 4.